The number of nitrogens with two attached hydrogens (primary N) is 1. The molecule has 0 aliphatic rings. The molecule has 0 saturated heterocycles. The number of nitrogens with zero attached hydrogens (tertiary/aromatic N) is 2. The summed E-state index contributed by atoms with van der Waals surface area (Å²) in [6, 6.07) is 0. The van der Waals surface area contributed by atoms with Crippen LogP contribution in [0.2, 0.25) is 0 Å². The second-order valence-electron chi connectivity index (χ2n) is 5.89. The highest BCUT2D eigenvalue weighted by Gasteiger charge is 2.22. The van der Waals surface area contributed by atoms with Crippen LogP contribution in [-0.2, 0) is 4.79 Å². The van der Waals surface area contributed by atoms with E-state index in [0.29, 0.717) is 6.42 Å². The number of carbonyl (C=O) groups excluding carboxylic acids is 1. The first kappa shape index (κ1) is 19.7. The van der Waals surface area contributed by atoms with Crippen molar-refractivity contribution in [3.8, 4) is 0 Å². The van der Waals surface area contributed by atoms with Crippen LogP contribution in [0.4, 0.5) is 0 Å². The summed E-state index contributed by atoms with van der Waals surface area (Å²) >= 11 is 0. The summed E-state index contributed by atoms with van der Waals surface area (Å²) in [5.74, 6) is 0.487. The van der Waals surface area contributed by atoms with Crippen LogP contribution in [0.25, 0.3) is 0 Å². The fraction of sp³-hybridized carbons (Fsp3) is 0.867. The van der Waals surface area contributed by atoms with E-state index in [0.717, 1.165) is 45.4 Å². The Labute approximate surface area is 128 Å². The van der Waals surface area contributed by atoms with Crippen molar-refractivity contribution in [2.45, 2.75) is 53.4 Å². The summed E-state index contributed by atoms with van der Waals surface area (Å²) in [7, 11) is 0. The lowest BCUT2D eigenvalue weighted by Gasteiger charge is -2.22. The monoisotopic (exact) mass is 300 g/mol. The molecule has 0 spiro atoms. The summed E-state index contributed by atoms with van der Waals surface area (Å²) in [6.07, 6.45) is 3.45. The molecule has 0 aromatic heterocycles. The van der Waals surface area contributed by atoms with Gasteiger partial charge in [0, 0.05) is 31.5 Å². The van der Waals surface area contributed by atoms with E-state index in [2.05, 4.69) is 10.5 Å². The molecule has 6 heteroatoms. The van der Waals surface area contributed by atoms with E-state index in [4.69, 9.17) is 10.9 Å². The topological polar surface area (TPSA) is 91.0 Å². The number of unbranched alkanes of at least 4 members (excludes halogenated alkanes) is 1. The second-order valence-corrected chi connectivity index (χ2v) is 5.89. The molecule has 0 atom stereocenters. The first-order chi connectivity index (χ1) is 9.88. The molecule has 21 heavy (non-hydrogen) atoms. The molecule has 0 radical (unpaired) electrons. The summed E-state index contributed by atoms with van der Waals surface area (Å²) < 4.78 is 0. The number of rotatable bonds is 11. The van der Waals surface area contributed by atoms with Crippen LogP contribution < -0.4 is 11.1 Å². The Hall–Kier alpha value is -1.30. The highest BCUT2D eigenvalue weighted by atomic mass is 16.4. The Morgan fingerprint density at radius 2 is 1.86 bits per heavy atom. The number of carbonyl (C=O) groups is 1. The van der Waals surface area contributed by atoms with Crippen LogP contribution in [-0.4, -0.2) is 48.0 Å². The maximum atomic E-state index is 11.8. The second kappa shape index (κ2) is 10.4. The molecule has 0 unspecified atom stereocenters. The third kappa shape index (κ3) is 7.90. The molecule has 0 aliphatic carbocycles. The van der Waals surface area contributed by atoms with Crippen molar-refractivity contribution in [1.82, 2.24) is 10.2 Å². The highest BCUT2D eigenvalue weighted by molar-refractivity contribution is 5.85. The summed E-state index contributed by atoms with van der Waals surface area (Å²) in [4.78, 5) is 13.6. The largest absolute Gasteiger partial charge is 0.409 e. The van der Waals surface area contributed by atoms with Gasteiger partial charge in [0.05, 0.1) is 0 Å². The van der Waals surface area contributed by atoms with Gasteiger partial charge in [-0.15, -0.1) is 0 Å². The lowest BCUT2D eigenvalue weighted by molar-refractivity contribution is -0.130. The molecule has 0 aromatic carbocycles. The van der Waals surface area contributed by atoms with Crippen molar-refractivity contribution in [2.24, 2.45) is 16.3 Å². The predicted octanol–water partition coefficient (Wildman–Crippen LogP) is 1.78. The van der Waals surface area contributed by atoms with E-state index in [1.807, 2.05) is 32.6 Å². The molecular weight excluding hydrogens is 268 g/mol. The zero-order chi connectivity index (χ0) is 16.3. The number of amides is 1. The summed E-state index contributed by atoms with van der Waals surface area (Å²) in [6.45, 7) is 11.1. The van der Waals surface area contributed by atoms with Gasteiger partial charge in [-0.1, -0.05) is 25.4 Å². The van der Waals surface area contributed by atoms with Gasteiger partial charge in [0.25, 0.3) is 0 Å². The molecule has 6 nitrogen and oxygen atoms in total. The average Bonchev–Trinajstić information content (AvgIpc) is 2.46. The zero-order valence-corrected chi connectivity index (χ0v) is 14.0. The van der Waals surface area contributed by atoms with Crippen molar-refractivity contribution >= 4 is 11.7 Å². The third-order valence-corrected chi connectivity index (χ3v) is 3.84. The molecule has 4 N–H and O–H groups in total. The van der Waals surface area contributed by atoms with Gasteiger partial charge in [0.2, 0.25) is 5.91 Å². The first-order valence-corrected chi connectivity index (χ1v) is 7.85. The van der Waals surface area contributed by atoms with Gasteiger partial charge in [-0.05, 0) is 33.2 Å². The molecule has 0 aromatic rings. The van der Waals surface area contributed by atoms with Crippen LogP contribution in [0.5, 0.6) is 0 Å². The highest BCUT2D eigenvalue weighted by Crippen LogP contribution is 2.22. The summed E-state index contributed by atoms with van der Waals surface area (Å²) in [5.41, 5.74) is 5.37. The zero-order valence-electron chi connectivity index (χ0n) is 14.0. The first-order valence-electron chi connectivity index (χ1n) is 7.85. The maximum Gasteiger partial charge on any atom is 0.223 e. The molecule has 0 fully saturated rings. The van der Waals surface area contributed by atoms with Crippen LogP contribution in [0.15, 0.2) is 5.16 Å². The quantitative estimate of drug-likeness (QED) is 0.178. The fourth-order valence-corrected chi connectivity index (χ4v) is 2.14. The van der Waals surface area contributed by atoms with Crippen molar-refractivity contribution < 1.29 is 10.0 Å². The predicted molar refractivity (Wildman–Crippen MR) is 86.5 cm³/mol. The molecule has 0 heterocycles. The van der Waals surface area contributed by atoms with Crippen LogP contribution in [0.3, 0.4) is 0 Å². The minimum atomic E-state index is -0.270. The Balaban J connectivity index is 3.68. The number of oxime groups is 1. The minimum Gasteiger partial charge on any atom is -0.409 e. The lowest BCUT2D eigenvalue weighted by Crippen LogP contribution is -2.33. The molecule has 0 aliphatic heterocycles. The molecular formula is C15H32N4O2. The molecule has 124 valence electrons. The van der Waals surface area contributed by atoms with E-state index in [1.165, 1.54) is 0 Å². The number of hydrogen-bond donors (Lipinski definition) is 3. The van der Waals surface area contributed by atoms with Gasteiger partial charge in [-0.25, -0.2) is 0 Å². The van der Waals surface area contributed by atoms with Gasteiger partial charge in [0.1, 0.15) is 5.84 Å². The molecule has 0 saturated carbocycles. The standard InChI is InChI=1S/C15H32N4O2/c1-5-19(6-2)13(20)9-12-17-11-8-7-10-15(3,4)14(16)18-21/h17,21H,5-12H2,1-4H3,(H2,16,18). The van der Waals surface area contributed by atoms with E-state index >= 15 is 0 Å². The molecule has 1 amide bonds. The SMILES string of the molecule is CCN(CC)C(=O)CCNCCCCC(C)(C)C(N)=NO. The summed E-state index contributed by atoms with van der Waals surface area (Å²) in [5, 5.41) is 15.1. The van der Waals surface area contributed by atoms with Crippen LogP contribution >= 0.6 is 0 Å². The lowest BCUT2D eigenvalue weighted by atomic mass is 9.86. The van der Waals surface area contributed by atoms with E-state index in [9.17, 15) is 4.79 Å². The maximum absolute atomic E-state index is 11.8. The fourth-order valence-electron chi connectivity index (χ4n) is 2.14. The number of amidine groups is 1. The Kier molecular flexibility index (Phi) is 9.78. The minimum absolute atomic E-state index is 0.209. The van der Waals surface area contributed by atoms with Gasteiger partial charge in [0.15, 0.2) is 0 Å². The van der Waals surface area contributed by atoms with Crippen molar-refractivity contribution in [3.63, 3.8) is 0 Å². The van der Waals surface area contributed by atoms with Crippen molar-refractivity contribution in [1.29, 1.82) is 0 Å². The Morgan fingerprint density at radius 3 is 2.38 bits per heavy atom. The number of nitrogens with one attached hydrogen (secondary N) is 1. The smallest absolute Gasteiger partial charge is 0.223 e. The average molecular weight is 300 g/mol. The van der Waals surface area contributed by atoms with Gasteiger partial charge in [-0.3, -0.25) is 4.79 Å². The Bertz CT molecular complexity index is 326. The van der Waals surface area contributed by atoms with Gasteiger partial charge in [-0.2, -0.15) is 0 Å². The number of hydrogen-bond acceptors (Lipinski definition) is 4. The van der Waals surface area contributed by atoms with E-state index < -0.39 is 0 Å². The van der Waals surface area contributed by atoms with Crippen LogP contribution in [0, 0.1) is 5.41 Å². The van der Waals surface area contributed by atoms with Gasteiger partial charge >= 0.3 is 0 Å². The third-order valence-electron chi connectivity index (χ3n) is 3.84. The van der Waals surface area contributed by atoms with Crippen molar-refractivity contribution in [3.05, 3.63) is 0 Å². The van der Waals surface area contributed by atoms with Crippen LogP contribution in [0.1, 0.15) is 53.4 Å². The molecule has 0 rings (SSSR count). The normalized spacial score (nSPS) is 12.5. The molecule has 0 bridgehead atoms. The van der Waals surface area contributed by atoms with E-state index in [-0.39, 0.29) is 17.2 Å². The van der Waals surface area contributed by atoms with E-state index in [1.54, 1.807) is 0 Å². The van der Waals surface area contributed by atoms with Crippen molar-refractivity contribution in [2.75, 3.05) is 26.2 Å². The van der Waals surface area contributed by atoms with Gasteiger partial charge < -0.3 is 21.2 Å². The Morgan fingerprint density at radius 1 is 1.24 bits per heavy atom.